The van der Waals surface area contributed by atoms with E-state index < -0.39 is 26.3 Å². The first-order chi connectivity index (χ1) is 30.9. The Morgan fingerprint density at radius 2 is 0.657 bits per heavy atom. The number of esters is 1. The zero-order chi connectivity index (χ0) is 60.2. The standard InChI is InChI=1S/C4H10.2C4H8.C3H6F2O.C3H6O2.C3H6OS.C3H8.C2H4O2.C2H4O.7C2H6.2CH5BO2.CH3F.CH4O.CH4.H2O2/c3*1-3-4-2;1-3(4,5)6-2;1-3(4)5-2;1-3(5)4-2;1-3-2;1-2(3)4;1-2-3;7*1-2;2*1-2(3)4;2*1-2;;1-2/h3-4H2,1-2H3;2*3-4H,1-2H3;1-2H3;2*1-2H3;3H2,1-2H3;1H3,(H,3,4);2H,1H3;7*1-2H3;2*3-4H,1H3;1H3;2H,1H3;1H4;1-2H. The highest BCUT2D eigenvalue weighted by Crippen LogP contribution is 2.09. The molecule has 67 heavy (non-hydrogen) atoms. The first-order valence-electron chi connectivity index (χ1n) is 22.4. The van der Waals surface area contributed by atoms with Crippen LogP contribution in [0.25, 0.3) is 0 Å². The minimum Gasteiger partial charge on any atom is -0.491 e. The van der Waals surface area contributed by atoms with E-state index in [2.05, 4.69) is 54.1 Å². The van der Waals surface area contributed by atoms with E-state index in [1.54, 1.807) is 14.0 Å². The summed E-state index contributed by atoms with van der Waals surface area (Å²) in [5.41, 5.74) is 0. The highest BCUT2D eigenvalue weighted by atomic mass is 32.1. The number of rotatable bonds is 2. The Morgan fingerprint density at radius 3 is 0.657 bits per heavy atom. The van der Waals surface area contributed by atoms with Gasteiger partial charge in [0.15, 0.2) is 5.05 Å². The zero-order valence-electron chi connectivity index (χ0n) is 49.7. The molecule has 0 unspecified atom stereocenters. The number of carboxylic acid groups (broad SMARTS) is 1. The van der Waals surface area contributed by atoms with Gasteiger partial charge in [-0.15, -0.1) is 0 Å². The molecule has 0 aromatic rings. The maximum Gasteiger partial charge on any atom is 0.448 e. The lowest BCUT2D eigenvalue weighted by Crippen LogP contribution is -2.10. The topological polar surface area (TPSA) is 241 Å². The molecule has 0 heterocycles. The number of aldehydes is 1. The maximum absolute atomic E-state index is 11.2. The predicted octanol–water partition coefficient (Wildman–Crippen LogP) is 15.3. The number of halogens is 3. The highest BCUT2D eigenvalue weighted by molar-refractivity contribution is 7.80. The molecule has 0 fully saturated rings. The summed E-state index contributed by atoms with van der Waals surface area (Å²) >= 11 is 4.47. The number of thiocarbonyl (C=S) groups is 1. The molecule has 0 atom stereocenters. The second-order valence-electron chi connectivity index (χ2n) is 7.46. The number of ether oxygens (including phenoxy) is 3. The number of methoxy groups -OCH3 is 3. The van der Waals surface area contributed by atoms with Gasteiger partial charge in [0, 0.05) is 41.9 Å². The van der Waals surface area contributed by atoms with Crippen LogP contribution in [0, 0.1) is 0 Å². The molecule has 0 bridgehead atoms. The minimum atomic E-state index is -2.96. The van der Waals surface area contributed by atoms with Gasteiger partial charge >= 0.3 is 26.3 Å². The lowest BCUT2D eigenvalue weighted by Gasteiger charge is -2.03. The third-order valence-electron chi connectivity index (χ3n) is 2.10. The van der Waals surface area contributed by atoms with Gasteiger partial charge in [0.2, 0.25) is 0 Å². The number of unbranched alkanes of at least 4 members (excludes halogenated alkanes) is 1. The van der Waals surface area contributed by atoms with Gasteiger partial charge in [-0.3, -0.25) is 24.5 Å². The maximum atomic E-state index is 11.2. The number of aliphatic hydroxyl groups excluding tert-OH is 1. The van der Waals surface area contributed by atoms with E-state index in [1.165, 1.54) is 53.9 Å². The molecule has 0 aliphatic carbocycles. The van der Waals surface area contributed by atoms with Crippen molar-refractivity contribution in [2.45, 2.75) is 233 Å². The number of allylic oxidation sites excluding steroid dienone is 4. The normalized spacial score (nSPS) is 6.21. The van der Waals surface area contributed by atoms with Crippen molar-refractivity contribution in [2.24, 2.45) is 0 Å². The van der Waals surface area contributed by atoms with Gasteiger partial charge in [0.25, 0.3) is 5.97 Å². The molecule has 0 aliphatic heterocycles. The molecule has 430 valence electrons. The fourth-order valence-electron chi connectivity index (χ4n) is 0. The summed E-state index contributed by atoms with van der Waals surface area (Å²) < 4.78 is 44.2. The van der Waals surface area contributed by atoms with Crippen LogP contribution in [0.2, 0.25) is 13.6 Å². The van der Waals surface area contributed by atoms with E-state index in [0.29, 0.717) is 19.2 Å². The predicted molar refractivity (Wildman–Crippen MR) is 302 cm³/mol. The summed E-state index contributed by atoms with van der Waals surface area (Å²) in [6.45, 7) is 53.5. The van der Waals surface area contributed by atoms with Crippen LogP contribution in [0.5, 0.6) is 0 Å². The van der Waals surface area contributed by atoms with Gasteiger partial charge in [-0.1, -0.05) is 176 Å². The molecule has 0 saturated heterocycles. The van der Waals surface area contributed by atoms with Crippen LogP contribution in [0.15, 0.2) is 24.3 Å². The van der Waals surface area contributed by atoms with E-state index >= 15 is 0 Å². The van der Waals surface area contributed by atoms with Crippen LogP contribution >= 0.6 is 12.2 Å². The molecule has 0 amide bonds. The first-order valence-corrected chi connectivity index (χ1v) is 22.8. The highest BCUT2D eigenvalue weighted by Gasteiger charge is 2.17. The van der Waals surface area contributed by atoms with Crippen molar-refractivity contribution in [3.63, 3.8) is 0 Å². The van der Waals surface area contributed by atoms with E-state index in [1.807, 2.05) is 149 Å². The monoisotopic (exact) mass is 1020 g/mol. The summed E-state index contributed by atoms with van der Waals surface area (Å²) in [6.07, 6.45) is 9.68. The Balaban J connectivity index is -0.0000000160. The number of carboxylic acids is 1. The van der Waals surface area contributed by atoms with Crippen molar-refractivity contribution < 1.29 is 82.6 Å². The van der Waals surface area contributed by atoms with Crippen molar-refractivity contribution in [3.8, 4) is 0 Å². The van der Waals surface area contributed by atoms with Gasteiger partial charge in [-0.2, -0.15) is 8.78 Å². The molecule has 0 spiro atoms. The molecule has 0 aromatic heterocycles. The fourth-order valence-corrected chi connectivity index (χ4v) is 0. The number of hydrogen-bond acceptors (Lipinski definition) is 14. The molecule has 0 rings (SSSR count). The number of carbonyl (C=O) groups is 3. The zero-order valence-corrected chi connectivity index (χ0v) is 50.5. The lowest BCUT2D eigenvalue weighted by atomic mass is 9.99. The Labute approximate surface area is 424 Å². The van der Waals surface area contributed by atoms with Crippen LogP contribution in [0.4, 0.5) is 13.2 Å². The van der Waals surface area contributed by atoms with Crippen molar-refractivity contribution in [2.75, 3.05) is 35.6 Å². The van der Waals surface area contributed by atoms with E-state index in [9.17, 15) is 18.0 Å². The van der Waals surface area contributed by atoms with Crippen LogP contribution < -0.4 is 0 Å². The molecule has 8 N–H and O–H groups in total. The number of carbonyl (C=O) groups excluding carboxylic acids is 2. The Morgan fingerprint density at radius 1 is 0.582 bits per heavy atom. The molecule has 0 radical (unpaired) electrons. The summed E-state index contributed by atoms with van der Waals surface area (Å²) in [4.78, 5) is 27.4. The van der Waals surface area contributed by atoms with Gasteiger partial charge in [-0.05, 0) is 60.5 Å². The van der Waals surface area contributed by atoms with E-state index in [-0.39, 0.29) is 13.4 Å². The molecular formula is C47H125B2F3O14S. The fraction of sp³-hybridized carbons (Fsp3) is 0.830. The van der Waals surface area contributed by atoms with Crippen LogP contribution in [-0.2, 0) is 28.6 Å². The molecule has 14 nitrogen and oxygen atoms in total. The lowest BCUT2D eigenvalue weighted by molar-refractivity contribution is -0.205. The van der Waals surface area contributed by atoms with Gasteiger partial charge in [0.05, 0.1) is 21.4 Å². The van der Waals surface area contributed by atoms with Crippen LogP contribution in [0.1, 0.15) is 214 Å². The Bertz CT molecular complexity index is 551. The van der Waals surface area contributed by atoms with E-state index in [0.717, 1.165) is 27.4 Å². The SMILES string of the molecule is C.CB(O)O.CB(O)O.CC.CC.CC.CC.CC.CC.CC.CC(=O)O.CC=CC.CC=CC.CC=O.CCC.CCCC.CF.CO.COC(C)(F)F.COC(C)=O.COC(C)=S.OO. The molecule has 0 aromatic carbocycles. The largest absolute Gasteiger partial charge is 0.491 e. The third-order valence-corrected chi connectivity index (χ3v) is 2.27. The number of aliphatic carboxylic acids is 1. The van der Waals surface area contributed by atoms with Crippen molar-refractivity contribution in [1.82, 2.24) is 0 Å². The number of alkyl halides is 3. The van der Waals surface area contributed by atoms with Crippen LogP contribution in [-0.4, -0.2) is 120 Å². The summed E-state index contributed by atoms with van der Waals surface area (Å²) in [7, 11) is 3.03. The minimum absolute atomic E-state index is 0. The van der Waals surface area contributed by atoms with Gasteiger partial charge in [-0.25, -0.2) is 0 Å². The summed E-state index contributed by atoms with van der Waals surface area (Å²) in [5.74, 6) is -1.08. The van der Waals surface area contributed by atoms with Crippen molar-refractivity contribution in [3.05, 3.63) is 24.3 Å². The van der Waals surface area contributed by atoms with E-state index in [4.69, 9.17) is 50.4 Å². The van der Waals surface area contributed by atoms with Gasteiger partial charge < -0.3 is 49.3 Å². The molecule has 20 heteroatoms. The third kappa shape index (κ3) is 4200. The average Bonchev–Trinajstić information content (AvgIpc) is 3.33. The average molecular weight is 1030 g/mol. The number of aliphatic hydroxyl groups is 1. The summed E-state index contributed by atoms with van der Waals surface area (Å²) in [6, 6.07) is 0. The quantitative estimate of drug-likeness (QED) is 0.0244. The van der Waals surface area contributed by atoms with Gasteiger partial charge in [0.1, 0.15) is 6.29 Å². The van der Waals surface area contributed by atoms with Crippen molar-refractivity contribution >= 4 is 49.7 Å². The summed E-state index contributed by atoms with van der Waals surface area (Å²) in [5, 5.41) is 57.4. The Hall–Kier alpha value is -2.42. The molecule has 0 aliphatic rings. The van der Waals surface area contributed by atoms with Crippen LogP contribution in [0.3, 0.4) is 0 Å². The second-order valence-corrected chi connectivity index (χ2v) is 8.04. The Kier molecular flexibility index (Phi) is 612. The smallest absolute Gasteiger partial charge is 0.448 e. The molecular weight excluding hydrogens is 899 g/mol. The first kappa shape index (κ1) is 144. The molecule has 0 saturated carbocycles. The second kappa shape index (κ2) is 285. The van der Waals surface area contributed by atoms with Crippen molar-refractivity contribution in [1.29, 1.82) is 0 Å². The number of hydrogen-bond donors (Lipinski definition) is 8.